The molecule has 0 spiro atoms. The predicted molar refractivity (Wildman–Crippen MR) is 123 cm³/mol. The Hall–Kier alpha value is -3.59. The molecule has 0 unspecified atom stereocenters. The summed E-state index contributed by atoms with van der Waals surface area (Å²) in [5.41, 5.74) is 3.46. The van der Waals surface area contributed by atoms with Crippen LogP contribution in [0.3, 0.4) is 0 Å². The van der Waals surface area contributed by atoms with Crippen molar-refractivity contribution in [3.8, 4) is 5.75 Å². The minimum Gasteiger partial charge on any atom is -0.482 e. The molecule has 0 saturated carbocycles. The first-order valence-corrected chi connectivity index (χ1v) is 10.7. The Bertz CT molecular complexity index is 1160. The van der Waals surface area contributed by atoms with E-state index in [0.717, 1.165) is 36.7 Å². The first-order valence-electron chi connectivity index (χ1n) is 10.7. The number of carbonyl (C=O) groups is 2. The Morgan fingerprint density at radius 2 is 2.16 bits per heavy atom. The van der Waals surface area contributed by atoms with Crippen LogP contribution in [0.15, 0.2) is 36.5 Å². The zero-order valence-corrected chi connectivity index (χ0v) is 18.5. The SMILES string of the molecule is CCc1nc2ccc(C(=O)Nc3ccc4c(c3)OCC(=O)N4)cn2c1N(CC)CCOC. The van der Waals surface area contributed by atoms with Gasteiger partial charge in [-0.1, -0.05) is 6.92 Å². The van der Waals surface area contributed by atoms with E-state index in [4.69, 9.17) is 14.5 Å². The van der Waals surface area contributed by atoms with Crippen molar-refractivity contribution in [2.45, 2.75) is 20.3 Å². The van der Waals surface area contributed by atoms with Crippen molar-refractivity contribution in [3.05, 3.63) is 47.8 Å². The zero-order valence-electron chi connectivity index (χ0n) is 18.5. The smallest absolute Gasteiger partial charge is 0.262 e. The standard InChI is InChI=1S/C23H27N5O4/c1-4-17-23(27(5-2)10-11-31-3)28-13-15(6-9-20(28)25-17)22(30)24-16-7-8-18-19(12-16)32-14-21(29)26-18/h6-9,12-13H,4-5,10-11,14H2,1-3H3,(H,24,30)(H,26,29). The topological polar surface area (TPSA) is 97.2 Å². The van der Waals surface area contributed by atoms with Gasteiger partial charge in [0, 0.05) is 38.1 Å². The normalized spacial score (nSPS) is 12.8. The van der Waals surface area contributed by atoms with Crippen LogP contribution >= 0.6 is 0 Å². The Morgan fingerprint density at radius 1 is 1.31 bits per heavy atom. The number of likely N-dealkylation sites (N-methyl/N-ethyl adjacent to an activating group) is 1. The number of imidazole rings is 1. The number of hydrogen-bond acceptors (Lipinski definition) is 6. The second-order valence-corrected chi connectivity index (χ2v) is 7.46. The number of rotatable bonds is 8. The van der Waals surface area contributed by atoms with Crippen LogP contribution in [-0.2, 0) is 16.0 Å². The zero-order chi connectivity index (χ0) is 22.7. The number of carbonyl (C=O) groups excluding carboxylic acids is 2. The van der Waals surface area contributed by atoms with E-state index in [2.05, 4.69) is 29.4 Å². The van der Waals surface area contributed by atoms with Crippen molar-refractivity contribution in [2.24, 2.45) is 0 Å². The molecule has 0 aliphatic carbocycles. The van der Waals surface area contributed by atoms with Gasteiger partial charge in [0.25, 0.3) is 11.8 Å². The molecule has 168 valence electrons. The summed E-state index contributed by atoms with van der Waals surface area (Å²) in [7, 11) is 1.69. The molecule has 1 aliphatic rings. The minimum atomic E-state index is -0.246. The summed E-state index contributed by atoms with van der Waals surface area (Å²) < 4.78 is 12.7. The van der Waals surface area contributed by atoms with Crippen LogP contribution in [0.2, 0.25) is 0 Å². The van der Waals surface area contributed by atoms with Crippen molar-refractivity contribution in [2.75, 3.05) is 48.9 Å². The molecule has 0 bridgehead atoms. The summed E-state index contributed by atoms with van der Waals surface area (Å²) in [6, 6.07) is 8.76. The third kappa shape index (κ3) is 4.24. The highest BCUT2D eigenvalue weighted by atomic mass is 16.5. The number of benzene rings is 1. The lowest BCUT2D eigenvalue weighted by Gasteiger charge is -2.23. The molecular formula is C23H27N5O4. The molecule has 3 aromatic rings. The Morgan fingerprint density at radius 3 is 2.91 bits per heavy atom. The summed E-state index contributed by atoms with van der Waals surface area (Å²) in [4.78, 5) is 31.4. The third-order valence-corrected chi connectivity index (χ3v) is 5.38. The van der Waals surface area contributed by atoms with E-state index >= 15 is 0 Å². The average molecular weight is 438 g/mol. The van der Waals surface area contributed by atoms with Crippen LogP contribution in [0.25, 0.3) is 5.65 Å². The first-order chi connectivity index (χ1) is 15.5. The monoisotopic (exact) mass is 437 g/mol. The van der Waals surface area contributed by atoms with Gasteiger partial charge in [-0.25, -0.2) is 4.98 Å². The number of nitrogens with zero attached hydrogens (tertiary/aromatic N) is 3. The molecule has 32 heavy (non-hydrogen) atoms. The molecule has 0 saturated heterocycles. The Balaban J connectivity index is 1.62. The van der Waals surface area contributed by atoms with Crippen LogP contribution in [0, 0.1) is 0 Å². The summed E-state index contributed by atoms with van der Waals surface area (Å²) in [5.74, 6) is 1.06. The van der Waals surface area contributed by atoms with Gasteiger partial charge in [-0.05, 0) is 37.6 Å². The van der Waals surface area contributed by atoms with Crippen LogP contribution < -0.4 is 20.3 Å². The Kier molecular flexibility index (Phi) is 6.27. The first kappa shape index (κ1) is 21.6. The summed E-state index contributed by atoms with van der Waals surface area (Å²) in [6.07, 6.45) is 2.60. The molecule has 0 radical (unpaired) electrons. The molecule has 9 heteroatoms. The number of aromatic nitrogens is 2. The highest BCUT2D eigenvalue weighted by Crippen LogP contribution is 2.31. The molecular weight excluding hydrogens is 410 g/mol. The van der Waals surface area contributed by atoms with Crippen molar-refractivity contribution in [1.82, 2.24) is 9.38 Å². The van der Waals surface area contributed by atoms with Gasteiger partial charge in [0.2, 0.25) is 0 Å². The number of methoxy groups -OCH3 is 1. The van der Waals surface area contributed by atoms with Crippen LogP contribution in [0.5, 0.6) is 5.75 Å². The lowest BCUT2D eigenvalue weighted by molar-refractivity contribution is -0.118. The van der Waals surface area contributed by atoms with Crippen molar-refractivity contribution in [3.63, 3.8) is 0 Å². The van der Waals surface area contributed by atoms with Gasteiger partial charge in [-0.3, -0.25) is 14.0 Å². The molecule has 0 fully saturated rings. The molecule has 2 amide bonds. The van der Waals surface area contributed by atoms with Gasteiger partial charge >= 0.3 is 0 Å². The predicted octanol–water partition coefficient (Wildman–Crippen LogP) is 2.95. The van der Waals surface area contributed by atoms with Crippen molar-refractivity contribution >= 4 is 34.7 Å². The van der Waals surface area contributed by atoms with E-state index in [-0.39, 0.29) is 18.4 Å². The fourth-order valence-corrected chi connectivity index (χ4v) is 3.76. The lowest BCUT2D eigenvalue weighted by atomic mass is 10.2. The third-order valence-electron chi connectivity index (χ3n) is 5.38. The van der Waals surface area contributed by atoms with Gasteiger partial charge < -0.3 is 25.0 Å². The molecule has 1 aromatic carbocycles. The molecule has 3 heterocycles. The number of fused-ring (bicyclic) bond motifs is 2. The van der Waals surface area contributed by atoms with Crippen LogP contribution in [0.4, 0.5) is 17.2 Å². The number of ether oxygens (including phenoxy) is 2. The number of hydrogen-bond donors (Lipinski definition) is 2. The molecule has 2 aromatic heterocycles. The van der Waals surface area contributed by atoms with E-state index in [1.165, 1.54) is 0 Å². The number of pyridine rings is 1. The highest BCUT2D eigenvalue weighted by molar-refractivity contribution is 6.05. The van der Waals surface area contributed by atoms with E-state index < -0.39 is 0 Å². The summed E-state index contributed by atoms with van der Waals surface area (Å²) >= 11 is 0. The van der Waals surface area contributed by atoms with Gasteiger partial charge in [0.1, 0.15) is 17.2 Å². The van der Waals surface area contributed by atoms with Crippen LogP contribution in [-0.4, -0.2) is 54.6 Å². The number of nitrogens with one attached hydrogen (secondary N) is 2. The maximum Gasteiger partial charge on any atom is 0.262 e. The molecule has 4 rings (SSSR count). The second-order valence-electron chi connectivity index (χ2n) is 7.46. The second kappa shape index (κ2) is 9.27. The Labute approximate surface area is 186 Å². The average Bonchev–Trinajstić information content (AvgIpc) is 3.17. The van der Waals surface area contributed by atoms with Crippen molar-refractivity contribution in [1.29, 1.82) is 0 Å². The minimum absolute atomic E-state index is 0.0404. The fraction of sp³-hybridized carbons (Fsp3) is 0.348. The molecule has 1 aliphatic heterocycles. The quantitative estimate of drug-likeness (QED) is 0.562. The summed E-state index contributed by atoms with van der Waals surface area (Å²) in [6.45, 7) is 6.25. The maximum absolute atomic E-state index is 13.0. The lowest BCUT2D eigenvalue weighted by Crippen LogP contribution is -2.29. The van der Waals surface area contributed by atoms with Gasteiger partial charge in [0.05, 0.1) is 23.6 Å². The van der Waals surface area contributed by atoms with E-state index in [9.17, 15) is 9.59 Å². The molecule has 9 nitrogen and oxygen atoms in total. The van der Waals surface area contributed by atoms with E-state index in [1.54, 1.807) is 31.4 Å². The highest BCUT2D eigenvalue weighted by Gasteiger charge is 2.19. The van der Waals surface area contributed by atoms with Crippen LogP contribution in [0.1, 0.15) is 29.9 Å². The van der Waals surface area contributed by atoms with Gasteiger partial charge in [-0.15, -0.1) is 0 Å². The number of anilines is 3. The molecule has 0 atom stereocenters. The van der Waals surface area contributed by atoms with Gasteiger partial charge in [0.15, 0.2) is 6.61 Å². The van der Waals surface area contributed by atoms with Crippen molar-refractivity contribution < 1.29 is 19.1 Å². The van der Waals surface area contributed by atoms with Gasteiger partial charge in [-0.2, -0.15) is 0 Å². The number of amides is 2. The summed E-state index contributed by atoms with van der Waals surface area (Å²) in [5, 5.41) is 5.64. The molecule has 2 N–H and O–H groups in total. The van der Waals surface area contributed by atoms with E-state index in [0.29, 0.717) is 29.3 Å². The maximum atomic E-state index is 13.0. The largest absolute Gasteiger partial charge is 0.482 e. The van der Waals surface area contributed by atoms with E-state index in [1.807, 2.05) is 16.7 Å². The fourth-order valence-electron chi connectivity index (χ4n) is 3.76. The number of aryl methyl sites for hydroxylation is 1.